The topological polar surface area (TPSA) is 63.2 Å². The van der Waals surface area contributed by atoms with Crippen LogP contribution in [0.25, 0.3) is 0 Å². The SMILES string of the molecule is CC(C)CCNc1cncc(C(=O)Nc2ccc(OCc3ccccc3)cc2)c1. The molecule has 0 unspecified atom stereocenters. The summed E-state index contributed by atoms with van der Waals surface area (Å²) in [5.74, 6) is 1.19. The summed E-state index contributed by atoms with van der Waals surface area (Å²) < 4.78 is 5.78. The Kier molecular flexibility index (Phi) is 7.22. The summed E-state index contributed by atoms with van der Waals surface area (Å²) in [5.41, 5.74) is 3.19. The van der Waals surface area contributed by atoms with Crippen LogP contribution in [0.4, 0.5) is 11.4 Å². The van der Waals surface area contributed by atoms with Crippen LogP contribution in [0.15, 0.2) is 73.1 Å². The molecule has 150 valence electrons. The van der Waals surface area contributed by atoms with Crippen molar-refractivity contribution in [3.05, 3.63) is 84.2 Å². The smallest absolute Gasteiger partial charge is 0.257 e. The molecule has 3 aromatic rings. The zero-order chi connectivity index (χ0) is 20.5. The van der Waals surface area contributed by atoms with Crippen LogP contribution in [-0.2, 0) is 6.61 Å². The monoisotopic (exact) mass is 389 g/mol. The van der Waals surface area contributed by atoms with E-state index in [0.717, 1.165) is 30.0 Å². The number of hydrogen-bond acceptors (Lipinski definition) is 4. The lowest BCUT2D eigenvalue weighted by molar-refractivity contribution is 0.102. The fraction of sp³-hybridized carbons (Fsp3) is 0.250. The number of anilines is 2. The average Bonchev–Trinajstić information content (AvgIpc) is 2.74. The van der Waals surface area contributed by atoms with Crippen LogP contribution < -0.4 is 15.4 Å². The molecule has 0 saturated heterocycles. The van der Waals surface area contributed by atoms with Gasteiger partial charge in [0.25, 0.3) is 5.91 Å². The van der Waals surface area contributed by atoms with E-state index in [1.807, 2.05) is 60.7 Å². The molecule has 0 fully saturated rings. The summed E-state index contributed by atoms with van der Waals surface area (Å²) >= 11 is 0. The van der Waals surface area contributed by atoms with Crippen molar-refractivity contribution in [2.24, 2.45) is 5.92 Å². The first kappa shape index (κ1) is 20.4. The molecule has 5 heteroatoms. The van der Waals surface area contributed by atoms with E-state index in [-0.39, 0.29) is 5.91 Å². The maximum Gasteiger partial charge on any atom is 0.257 e. The number of ether oxygens (including phenoxy) is 1. The molecule has 0 aliphatic carbocycles. The van der Waals surface area contributed by atoms with E-state index in [1.54, 1.807) is 12.4 Å². The third kappa shape index (κ3) is 6.64. The largest absolute Gasteiger partial charge is 0.489 e. The molecule has 1 amide bonds. The fourth-order valence-electron chi connectivity index (χ4n) is 2.74. The number of hydrogen-bond donors (Lipinski definition) is 2. The van der Waals surface area contributed by atoms with Crippen LogP contribution in [0.1, 0.15) is 36.2 Å². The van der Waals surface area contributed by atoms with Crippen LogP contribution in [-0.4, -0.2) is 17.4 Å². The number of pyridine rings is 1. The van der Waals surface area contributed by atoms with Gasteiger partial charge in [0, 0.05) is 24.6 Å². The number of carbonyl (C=O) groups is 1. The first-order chi connectivity index (χ1) is 14.1. The Labute approximate surface area is 172 Å². The molecule has 2 N–H and O–H groups in total. The second-order valence-electron chi connectivity index (χ2n) is 7.32. The molecule has 5 nitrogen and oxygen atoms in total. The first-order valence-electron chi connectivity index (χ1n) is 9.87. The van der Waals surface area contributed by atoms with Gasteiger partial charge in [0.2, 0.25) is 0 Å². The van der Waals surface area contributed by atoms with E-state index in [4.69, 9.17) is 4.74 Å². The molecular formula is C24H27N3O2. The normalized spacial score (nSPS) is 10.6. The van der Waals surface area contributed by atoms with Crippen molar-refractivity contribution in [3.8, 4) is 5.75 Å². The highest BCUT2D eigenvalue weighted by Gasteiger charge is 2.08. The molecule has 0 spiro atoms. The van der Waals surface area contributed by atoms with Gasteiger partial charge in [0.05, 0.1) is 11.3 Å². The van der Waals surface area contributed by atoms with Gasteiger partial charge < -0.3 is 15.4 Å². The molecule has 0 aliphatic heterocycles. The third-order valence-corrected chi connectivity index (χ3v) is 4.41. The van der Waals surface area contributed by atoms with E-state index >= 15 is 0 Å². The lowest BCUT2D eigenvalue weighted by Gasteiger charge is -2.10. The highest BCUT2D eigenvalue weighted by atomic mass is 16.5. The minimum absolute atomic E-state index is 0.192. The highest BCUT2D eigenvalue weighted by molar-refractivity contribution is 6.04. The minimum Gasteiger partial charge on any atom is -0.489 e. The number of amides is 1. The van der Waals surface area contributed by atoms with Crippen molar-refractivity contribution in [2.45, 2.75) is 26.9 Å². The van der Waals surface area contributed by atoms with Crippen molar-refractivity contribution >= 4 is 17.3 Å². The molecule has 0 aliphatic rings. The maximum atomic E-state index is 12.5. The van der Waals surface area contributed by atoms with Crippen molar-refractivity contribution in [1.29, 1.82) is 0 Å². The van der Waals surface area contributed by atoms with Gasteiger partial charge in [0.1, 0.15) is 12.4 Å². The van der Waals surface area contributed by atoms with Crippen LogP contribution in [0.5, 0.6) is 5.75 Å². The van der Waals surface area contributed by atoms with Gasteiger partial charge in [-0.1, -0.05) is 44.2 Å². The average molecular weight is 389 g/mol. The van der Waals surface area contributed by atoms with Gasteiger partial charge in [-0.15, -0.1) is 0 Å². The van der Waals surface area contributed by atoms with Crippen LogP contribution >= 0.6 is 0 Å². The second kappa shape index (κ2) is 10.3. The van der Waals surface area contributed by atoms with Gasteiger partial charge in [-0.2, -0.15) is 0 Å². The van der Waals surface area contributed by atoms with Crippen molar-refractivity contribution < 1.29 is 9.53 Å². The standard InChI is InChI=1S/C24H27N3O2/c1-18(2)12-13-26-22-14-20(15-25-16-22)24(28)27-21-8-10-23(11-9-21)29-17-19-6-4-3-5-7-19/h3-11,14-16,18,26H,12-13,17H2,1-2H3,(H,27,28). The maximum absolute atomic E-state index is 12.5. The fourth-order valence-corrected chi connectivity index (χ4v) is 2.74. The summed E-state index contributed by atoms with van der Waals surface area (Å²) in [4.78, 5) is 16.7. The number of benzene rings is 2. The third-order valence-electron chi connectivity index (χ3n) is 4.41. The minimum atomic E-state index is -0.192. The van der Waals surface area contributed by atoms with Crippen LogP contribution in [0.3, 0.4) is 0 Å². The van der Waals surface area contributed by atoms with E-state index in [1.165, 1.54) is 0 Å². The lowest BCUT2D eigenvalue weighted by atomic mass is 10.1. The van der Waals surface area contributed by atoms with Gasteiger partial charge in [-0.3, -0.25) is 9.78 Å². The molecular weight excluding hydrogens is 362 g/mol. The Hall–Kier alpha value is -3.34. The molecule has 2 aromatic carbocycles. The summed E-state index contributed by atoms with van der Waals surface area (Å²) in [6.45, 7) is 5.73. The Morgan fingerprint density at radius 3 is 2.48 bits per heavy atom. The first-order valence-corrected chi connectivity index (χ1v) is 9.87. The zero-order valence-electron chi connectivity index (χ0n) is 16.9. The zero-order valence-corrected chi connectivity index (χ0v) is 16.9. The van der Waals surface area contributed by atoms with Crippen molar-refractivity contribution in [1.82, 2.24) is 4.98 Å². The Morgan fingerprint density at radius 2 is 1.76 bits per heavy atom. The van der Waals surface area contributed by atoms with Gasteiger partial charge in [0.15, 0.2) is 0 Å². The molecule has 3 rings (SSSR count). The summed E-state index contributed by atoms with van der Waals surface area (Å²) in [7, 11) is 0. The predicted molar refractivity (Wildman–Crippen MR) is 117 cm³/mol. The van der Waals surface area contributed by atoms with E-state index in [9.17, 15) is 4.79 Å². The van der Waals surface area contributed by atoms with E-state index < -0.39 is 0 Å². The lowest BCUT2D eigenvalue weighted by Crippen LogP contribution is -2.13. The highest BCUT2D eigenvalue weighted by Crippen LogP contribution is 2.18. The van der Waals surface area contributed by atoms with Gasteiger partial charge >= 0.3 is 0 Å². The van der Waals surface area contributed by atoms with Crippen LogP contribution in [0.2, 0.25) is 0 Å². The number of carbonyl (C=O) groups excluding carboxylic acids is 1. The Balaban J connectivity index is 1.53. The second-order valence-corrected chi connectivity index (χ2v) is 7.32. The number of rotatable bonds is 9. The molecule has 0 bridgehead atoms. The summed E-state index contributed by atoms with van der Waals surface area (Å²) in [6, 6.07) is 19.2. The molecule has 0 atom stereocenters. The molecule has 29 heavy (non-hydrogen) atoms. The summed E-state index contributed by atoms with van der Waals surface area (Å²) in [5, 5.41) is 6.21. The molecule has 0 radical (unpaired) electrons. The number of aromatic nitrogens is 1. The predicted octanol–water partition coefficient (Wildman–Crippen LogP) is 5.37. The number of nitrogens with zero attached hydrogens (tertiary/aromatic N) is 1. The van der Waals surface area contributed by atoms with Crippen LogP contribution in [0, 0.1) is 5.92 Å². The molecule has 0 saturated carbocycles. The quantitative estimate of drug-likeness (QED) is 0.516. The van der Waals surface area contributed by atoms with Crippen molar-refractivity contribution in [3.63, 3.8) is 0 Å². The Bertz CT molecular complexity index is 909. The number of nitrogens with one attached hydrogen (secondary N) is 2. The Morgan fingerprint density at radius 1 is 1.00 bits per heavy atom. The van der Waals surface area contributed by atoms with Crippen molar-refractivity contribution in [2.75, 3.05) is 17.2 Å². The van der Waals surface area contributed by atoms with E-state index in [2.05, 4.69) is 29.5 Å². The molecule has 1 heterocycles. The molecule has 1 aromatic heterocycles. The van der Waals surface area contributed by atoms with Gasteiger partial charge in [-0.25, -0.2) is 0 Å². The van der Waals surface area contributed by atoms with E-state index in [0.29, 0.717) is 23.8 Å². The summed E-state index contributed by atoms with van der Waals surface area (Å²) in [6.07, 6.45) is 4.37. The van der Waals surface area contributed by atoms with Gasteiger partial charge in [-0.05, 0) is 48.2 Å².